The third-order valence-corrected chi connectivity index (χ3v) is 3.64. The smallest absolute Gasteiger partial charge is 0.251 e. The number of hydrogen-bond acceptors (Lipinski definition) is 3. The molecule has 0 aliphatic carbocycles. The maximum absolute atomic E-state index is 12.1. The lowest BCUT2D eigenvalue weighted by Gasteiger charge is -2.32. The number of nitrogens with one attached hydrogen (secondary N) is 1. The summed E-state index contributed by atoms with van der Waals surface area (Å²) in [5, 5.41) is 3.11. The molecule has 4 heteroatoms. The number of hydrogen-bond donors (Lipinski definition) is 2. The van der Waals surface area contributed by atoms with E-state index in [9.17, 15) is 4.79 Å². The maximum atomic E-state index is 12.1. The molecule has 1 fully saturated rings. The Bertz CT molecular complexity index is 408. The van der Waals surface area contributed by atoms with Gasteiger partial charge in [0, 0.05) is 30.4 Å². The fourth-order valence-electron chi connectivity index (χ4n) is 2.52. The minimum atomic E-state index is 0.00828. The molecular formula is C15H23N3O. The summed E-state index contributed by atoms with van der Waals surface area (Å²) in [6.45, 7) is 5.54. The standard InChI is InChI=1S/C15H23N3O/c1-2-9-18-10-7-14(8-11-18)17-15(19)12-3-5-13(16)6-4-12/h3-6,14H,2,7-11,16H2,1H3,(H,17,19). The van der Waals surface area contributed by atoms with Crippen LogP contribution in [0.15, 0.2) is 24.3 Å². The van der Waals surface area contributed by atoms with E-state index in [4.69, 9.17) is 5.73 Å². The summed E-state index contributed by atoms with van der Waals surface area (Å²) < 4.78 is 0. The second-order valence-corrected chi connectivity index (χ2v) is 5.21. The van der Waals surface area contributed by atoms with Crippen LogP contribution in [0, 0.1) is 0 Å². The highest BCUT2D eigenvalue weighted by molar-refractivity contribution is 5.94. The van der Waals surface area contributed by atoms with Crippen molar-refractivity contribution in [1.29, 1.82) is 0 Å². The first-order valence-electron chi connectivity index (χ1n) is 7.08. The molecule has 0 bridgehead atoms. The molecule has 19 heavy (non-hydrogen) atoms. The van der Waals surface area contributed by atoms with Gasteiger partial charge in [0.1, 0.15) is 0 Å². The van der Waals surface area contributed by atoms with E-state index >= 15 is 0 Å². The highest BCUT2D eigenvalue weighted by atomic mass is 16.1. The average Bonchev–Trinajstić information content (AvgIpc) is 2.42. The largest absolute Gasteiger partial charge is 0.399 e. The van der Waals surface area contributed by atoms with Crippen molar-refractivity contribution in [3.8, 4) is 0 Å². The van der Waals surface area contributed by atoms with E-state index in [1.165, 1.54) is 13.0 Å². The number of nitrogen functional groups attached to an aromatic ring is 1. The third kappa shape index (κ3) is 3.96. The van der Waals surface area contributed by atoms with Crippen molar-refractivity contribution in [3.63, 3.8) is 0 Å². The predicted molar refractivity (Wildman–Crippen MR) is 78.1 cm³/mol. The predicted octanol–water partition coefficient (Wildman–Crippen LogP) is 1.87. The normalized spacial score (nSPS) is 17.3. The van der Waals surface area contributed by atoms with Crippen LogP contribution in [0.1, 0.15) is 36.5 Å². The molecular weight excluding hydrogens is 238 g/mol. The summed E-state index contributed by atoms with van der Waals surface area (Å²) in [4.78, 5) is 14.5. The number of carbonyl (C=O) groups is 1. The van der Waals surface area contributed by atoms with Crippen LogP contribution in [-0.4, -0.2) is 36.5 Å². The van der Waals surface area contributed by atoms with Gasteiger partial charge in [0.05, 0.1) is 0 Å². The Morgan fingerprint density at radius 2 is 1.95 bits per heavy atom. The van der Waals surface area contributed by atoms with Gasteiger partial charge in [0.15, 0.2) is 0 Å². The van der Waals surface area contributed by atoms with Crippen LogP contribution in [0.4, 0.5) is 5.69 Å². The molecule has 1 amide bonds. The first kappa shape index (κ1) is 13.9. The highest BCUT2D eigenvalue weighted by Crippen LogP contribution is 2.12. The zero-order chi connectivity index (χ0) is 13.7. The molecule has 0 atom stereocenters. The molecule has 0 saturated carbocycles. The van der Waals surface area contributed by atoms with E-state index in [0.29, 0.717) is 17.3 Å². The molecule has 1 saturated heterocycles. The Kier molecular flexibility index (Phi) is 4.80. The van der Waals surface area contributed by atoms with Crippen molar-refractivity contribution in [3.05, 3.63) is 29.8 Å². The van der Waals surface area contributed by atoms with E-state index in [0.717, 1.165) is 25.9 Å². The lowest BCUT2D eigenvalue weighted by Crippen LogP contribution is -2.44. The van der Waals surface area contributed by atoms with E-state index in [-0.39, 0.29) is 5.91 Å². The van der Waals surface area contributed by atoms with Crippen molar-refractivity contribution in [1.82, 2.24) is 10.2 Å². The molecule has 0 aromatic heterocycles. The highest BCUT2D eigenvalue weighted by Gasteiger charge is 2.20. The van der Waals surface area contributed by atoms with Crippen LogP contribution in [0.5, 0.6) is 0 Å². The molecule has 104 valence electrons. The molecule has 3 N–H and O–H groups in total. The summed E-state index contributed by atoms with van der Waals surface area (Å²) >= 11 is 0. The van der Waals surface area contributed by atoms with Crippen LogP contribution >= 0.6 is 0 Å². The van der Waals surface area contributed by atoms with Gasteiger partial charge in [-0.05, 0) is 50.1 Å². The topological polar surface area (TPSA) is 58.4 Å². The Morgan fingerprint density at radius 1 is 1.32 bits per heavy atom. The SMILES string of the molecule is CCCN1CCC(NC(=O)c2ccc(N)cc2)CC1. The lowest BCUT2D eigenvalue weighted by atomic mass is 10.0. The van der Waals surface area contributed by atoms with Crippen molar-refractivity contribution in [2.24, 2.45) is 0 Å². The molecule has 2 rings (SSSR count). The van der Waals surface area contributed by atoms with Gasteiger partial charge in [-0.15, -0.1) is 0 Å². The number of likely N-dealkylation sites (tertiary alicyclic amines) is 1. The molecule has 1 aliphatic heterocycles. The fourth-order valence-corrected chi connectivity index (χ4v) is 2.52. The Hall–Kier alpha value is -1.55. The summed E-state index contributed by atoms with van der Waals surface area (Å²) in [6, 6.07) is 7.38. The van der Waals surface area contributed by atoms with Crippen molar-refractivity contribution < 1.29 is 4.79 Å². The van der Waals surface area contributed by atoms with Gasteiger partial charge in [-0.2, -0.15) is 0 Å². The Morgan fingerprint density at radius 3 is 2.53 bits per heavy atom. The van der Waals surface area contributed by atoms with E-state index < -0.39 is 0 Å². The molecule has 0 unspecified atom stereocenters. The molecule has 0 spiro atoms. The molecule has 1 aromatic carbocycles. The number of piperidine rings is 1. The van der Waals surface area contributed by atoms with Crippen LogP contribution in [0.3, 0.4) is 0 Å². The zero-order valence-electron chi connectivity index (χ0n) is 11.6. The number of rotatable bonds is 4. The average molecular weight is 261 g/mol. The van der Waals surface area contributed by atoms with Crippen molar-refractivity contribution in [2.75, 3.05) is 25.4 Å². The first-order valence-corrected chi connectivity index (χ1v) is 7.08. The number of nitrogens with zero attached hydrogens (tertiary/aromatic N) is 1. The summed E-state index contributed by atoms with van der Waals surface area (Å²) in [7, 11) is 0. The van der Waals surface area contributed by atoms with Gasteiger partial charge in [-0.1, -0.05) is 6.92 Å². The van der Waals surface area contributed by atoms with E-state index in [2.05, 4.69) is 17.1 Å². The molecule has 1 heterocycles. The van der Waals surface area contributed by atoms with Gasteiger partial charge in [-0.25, -0.2) is 0 Å². The number of nitrogens with two attached hydrogens (primary N) is 1. The van der Waals surface area contributed by atoms with Crippen LogP contribution < -0.4 is 11.1 Å². The van der Waals surface area contributed by atoms with Crippen LogP contribution in [0.2, 0.25) is 0 Å². The van der Waals surface area contributed by atoms with E-state index in [1.807, 2.05) is 0 Å². The van der Waals surface area contributed by atoms with E-state index in [1.54, 1.807) is 24.3 Å². The van der Waals surface area contributed by atoms with Gasteiger partial charge in [0.2, 0.25) is 0 Å². The summed E-state index contributed by atoms with van der Waals surface area (Å²) in [6.07, 6.45) is 3.28. The Labute approximate surface area is 115 Å². The molecule has 1 aromatic rings. The maximum Gasteiger partial charge on any atom is 0.251 e. The van der Waals surface area contributed by atoms with Gasteiger partial charge < -0.3 is 16.0 Å². The zero-order valence-corrected chi connectivity index (χ0v) is 11.6. The number of amides is 1. The van der Waals surface area contributed by atoms with Crippen molar-refractivity contribution >= 4 is 11.6 Å². The first-order chi connectivity index (χ1) is 9.19. The molecule has 1 aliphatic rings. The second-order valence-electron chi connectivity index (χ2n) is 5.21. The third-order valence-electron chi connectivity index (χ3n) is 3.64. The molecule has 0 radical (unpaired) electrons. The minimum absolute atomic E-state index is 0.00828. The van der Waals surface area contributed by atoms with Gasteiger partial charge >= 0.3 is 0 Å². The number of carbonyl (C=O) groups excluding carboxylic acids is 1. The van der Waals surface area contributed by atoms with Gasteiger partial charge in [-0.3, -0.25) is 4.79 Å². The monoisotopic (exact) mass is 261 g/mol. The second kappa shape index (κ2) is 6.57. The summed E-state index contributed by atoms with van der Waals surface area (Å²) in [5.41, 5.74) is 6.99. The Balaban J connectivity index is 1.82. The number of anilines is 1. The van der Waals surface area contributed by atoms with Crippen molar-refractivity contribution in [2.45, 2.75) is 32.2 Å². The number of benzene rings is 1. The summed E-state index contributed by atoms with van der Waals surface area (Å²) in [5.74, 6) is 0.00828. The lowest BCUT2D eigenvalue weighted by molar-refractivity contribution is 0.0911. The fraction of sp³-hybridized carbons (Fsp3) is 0.533. The minimum Gasteiger partial charge on any atom is -0.399 e. The van der Waals surface area contributed by atoms with Crippen LogP contribution in [-0.2, 0) is 0 Å². The van der Waals surface area contributed by atoms with Gasteiger partial charge in [0.25, 0.3) is 5.91 Å². The van der Waals surface area contributed by atoms with Crippen LogP contribution in [0.25, 0.3) is 0 Å². The molecule has 4 nitrogen and oxygen atoms in total. The quantitative estimate of drug-likeness (QED) is 0.814.